The number of nitrogens with two attached hydrogens (primary N) is 2. The second kappa shape index (κ2) is 7.81. The molecule has 0 aliphatic carbocycles. The van der Waals surface area contributed by atoms with E-state index in [0.717, 1.165) is 0 Å². The maximum absolute atomic E-state index is 11.2. The van der Waals surface area contributed by atoms with Crippen molar-refractivity contribution in [2.75, 3.05) is 28.4 Å². The predicted molar refractivity (Wildman–Crippen MR) is 92.7 cm³/mol. The van der Waals surface area contributed by atoms with E-state index in [-0.39, 0.29) is 29.6 Å². The largest absolute Gasteiger partial charge is 0.524 e. The van der Waals surface area contributed by atoms with Gasteiger partial charge in [-0.1, -0.05) is 12.1 Å². The lowest BCUT2D eigenvalue weighted by Crippen LogP contribution is -2.22. The zero-order valence-electron chi connectivity index (χ0n) is 12.8. The van der Waals surface area contributed by atoms with E-state index in [0.29, 0.717) is 5.69 Å². The van der Waals surface area contributed by atoms with Gasteiger partial charge in [-0.05, 0) is 24.3 Å². The maximum atomic E-state index is 11.2. The summed E-state index contributed by atoms with van der Waals surface area (Å²) in [6, 6.07) is 9.18. The summed E-state index contributed by atoms with van der Waals surface area (Å²) in [4.78, 5) is 33.0. The molecule has 0 saturated heterocycles. The molecule has 0 bridgehead atoms. The van der Waals surface area contributed by atoms with E-state index in [1.807, 2.05) is 0 Å². The number of nitrogens with one attached hydrogen (secondary N) is 3. The molecule has 0 fully saturated rings. The van der Waals surface area contributed by atoms with Gasteiger partial charge in [0.25, 0.3) is 0 Å². The molecule has 9 N–H and O–H groups in total. The van der Waals surface area contributed by atoms with Gasteiger partial charge in [-0.2, -0.15) is 0 Å². The zero-order chi connectivity index (χ0) is 18.4. The summed E-state index contributed by atoms with van der Waals surface area (Å²) < 4.78 is 15.6. The van der Waals surface area contributed by atoms with Gasteiger partial charge in [-0.15, -0.1) is 0 Å². The van der Waals surface area contributed by atoms with E-state index in [1.165, 1.54) is 18.2 Å². The van der Waals surface area contributed by atoms with Gasteiger partial charge >= 0.3 is 7.82 Å². The van der Waals surface area contributed by atoms with Gasteiger partial charge in [0.1, 0.15) is 5.82 Å². The first-order valence-corrected chi connectivity index (χ1v) is 8.44. The fraction of sp³-hybridized carbons (Fsp3) is 0.0769. The van der Waals surface area contributed by atoms with Crippen LogP contribution in [-0.4, -0.2) is 27.2 Å². The lowest BCUT2D eigenvalue weighted by Gasteiger charge is -2.15. The van der Waals surface area contributed by atoms with Gasteiger partial charge < -0.3 is 21.3 Å². The number of phosphoric ester groups is 1. The Kier molecular flexibility index (Phi) is 5.78. The third-order valence-electron chi connectivity index (χ3n) is 2.81. The Bertz CT molecular complexity index is 811. The average molecular weight is 368 g/mol. The topological polar surface area (TPSA) is 185 Å². The van der Waals surface area contributed by atoms with E-state index in [9.17, 15) is 9.36 Å². The second-order valence-corrected chi connectivity index (χ2v) is 5.87. The molecule has 1 heterocycles. The number of rotatable bonds is 7. The molecule has 1 amide bonds. The average Bonchev–Trinajstić information content (AvgIpc) is 2.54. The monoisotopic (exact) mass is 368 g/mol. The van der Waals surface area contributed by atoms with E-state index in [2.05, 4.69) is 25.7 Å². The van der Waals surface area contributed by atoms with Crippen molar-refractivity contribution in [3.8, 4) is 5.75 Å². The van der Waals surface area contributed by atoms with Crippen molar-refractivity contribution in [1.29, 1.82) is 0 Å². The van der Waals surface area contributed by atoms with Crippen molar-refractivity contribution in [1.82, 2.24) is 4.98 Å². The molecule has 0 aliphatic rings. The van der Waals surface area contributed by atoms with E-state index >= 15 is 0 Å². The Morgan fingerprint density at radius 2 is 1.84 bits per heavy atom. The number of nitrogens with zero attached hydrogens (tertiary/aromatic N) is 1. The van der Waals surface area contributed by atoms with Crippen LogP contribution in [0.4, 0.5) is 23.0 Å². The van der Waals surface area contributed by atoms with Gasteiger partial charge in [-0.25, -0.2) is 9.55 Å². The number of nitrogen functional groups attached to an aromatic ring is 1. The Morgan fingerprint density at radius 1 is 1.16 bits per heavy atom. The summed E-state index contributed by atoms with van der Waals surface area (Å²) in [7, 11) is -4.70. The van der Waals surface area contributed by atoms with Crippen LogP contribution in [0.15, 0.2) is 36.4 Å². The standard InChI is InChI=1S/C13H17N6O5P/c14-7-12(20)16-11-6-5-9(13(15)17-11)19-18-8-3-1-2-4-10(8)24-25(21,22)23/h1-6,18-19H,7,14H2,(H2,21,22,23)(H3,15,16,17,20). The highest BCUT2D eigenvalue weighted by Crippen LogP contribution is 2.40. The summed E-state index contributed by atoms with van der Waals surface area (Å²) in [5, 5.41) is 2.46. The Labute approximate surface area is 142 Å². The Morgan fingerprint density at radius 3 is 2.48 bits per heavy atom. The molecule has 134 valence electrons. The van der Waals surface area contributed by atoms with Crippen LogP contribution < -0.4 is 32.2 Å². The molecule has 25 heavy (non-hydrogen) atoms. The molecule has 0 saturated carbocycles. The smallest absolute Gasteiger partial charge is 0.402 e. The number of pyridine rings is 1. The lowest BCUT2D eigenvalue weighted by atomic mass is 10.3. The first kappa shape index (κ1) is 18.5. The number of para-hydroxylation sites is 2. The summed E-state index contributed by atoms with van der Waals surface area (Å²) in [6.07, 6.45) is 0. The highest BCUT2D eigenvalue weighted by Gasteiger charge is 2.18. The maximum Gasteiger partial charge on any atom is 0.524 e. The molecule has 0 aliphatic heterocycles. The van der Waals surface area contributed by atoms with Crippen molar-refractivity contribution >= 4 is 36.7 Å². The normalized spacial score (nSPS) is 10.8. The molecule has 12 heteroatoms. The highest BCUT2D eigenvalue weighted by atomic mass is 31.2. The molecule has 2 rings (SSSR count). The highest BCUT2D eigenvalue weighted by molar-refractivity contribution is 7.46. The second-order valence-electron chi connectivity index (χ2n) is 4.71. The number of amides is 1. The third-order valence-corrected chi connectivity index (χ3v) is 3.25. The van der Waals surface area contributed by atoms with Crippen LogP contribution >= 0.6 is 7.82 Å². The van der Waals surface area contributed by atoms with Crippen molar-refractivity contribution in [3.63, 3.8) is 0 Å². The van der Waals surface area contributed by atoms with Crippen molar-refractivity contribution in [2.24, 2.45) is 5.73 Å². The van der Waals surface area contributed by atoms with Crippen molar-refractivity contribution in [3.05, 3.63) is 36.4 Å². The van der Waals surface area contributed by atoms with Gasteiger partial charge in [0.15, 0.2) is 11.6 Å². The quantitative estimate of drug-likeness (QED) is 0.268. The Hall–Kier alpha value is -2.85. The molecule has 1 aromatic carbocycles. The van der Waals surface area contributed by atoms with Gasteiger partial charge in [0.2, 0.25) is 5.91 Å². The number of carbonyl (C=O) groups excluding carboxylic acids is 1. The van der Waals surface area contributed by atoms with E-state index in [1.54, 1.807) is 18.2 Å². The molecule has 0 atom stereocenters. The number of carbonyl (C=O) groups is 1. The number of hydrogen-bond donors (Lipinski definition) is 7. The van der Waals surface area contributed by atoms with Gasteiger partial charge in [-0.3, -0.25) is 25.4 Å². The minimum atomic E-state index is -4.70. The molecule has 11 nitrogen and oxygen atoms in total. The number of benzene rings is 1. The fourth-order valence-corrected chi connectivity index (χ4v) is 2.17. The van der Waals surface area contributed by atoms with E-state index < -0.39 is 13.7 Å². The van der Waals surface area contributed by atoms with E-state index in [4.69, 9.17) is 21.3 Å². The van der Waals surface area contributed by atoms with Crippen LogP contribution in [0.1, 0.15) is 0 Å². The summed E-state index contributed by atoms with van der Waals surface area (Å²) in [6.45, 7) is -0.181. The SMILES string of the molecule is NCC(=O)Nc1ccc(NNc2ccccc2OP(=O)(O)O)c(N)n1. The predicted octanol–water partition coefficient (Wildman–Crippen LogP) is 0.471. The van der Waals surface area contributed by atoms with Crippen LogP contribution in [0.25, 0.3) is 0 Å². The fourth-order valence-electron chi connectivity index (χ4n) is 1.76. The zero-order valence-corrected chi connectivity index (χ0v) is 13.7. The van der Waals surface area contributed by atoms with Crippen molar-refractivity contribution < 1.29 is 23.7 Å². The van der Waals surface area contributed by atoms with Crippen LogP contribution in [-0.2, 0) is 9.36 Å². The van der Waals surface area contributed by atoms with Crippen LogP contribution in [0.2, 0.25) is 0 Å². The first-order valence-electron chi connectivity index (χ1n) is 6.91. The van der Waals surface area contributed by atoms with Crippen LogP contribution in [0.5, 0.6) is 5.75 Å². The molecular formula is C13H17N6O5P. The van der Waals surface area contributed by atoms with Gasteiger partial charge in [0.05, 0.1) is 17.9 Å². The first-order chi connectivity index (χ1) is 11.8. The molecule has 2 aromatic rings. The van der Waals surface area contributed by atoms with Crippen LogP contribution in [0.3, 0.4) is 0 Å². The molecule has 1 aromatic heterocycles. The summed E-state index contributed by atoms with van der Waals surface area (Å²) in [5.74, 6) is -0.143. The minimum Gasteiger partial charge on any atom is -0.402 e. The number of hydrogen-bond acceptors (Lipinski definition) is 8. The molecular weight excluding hydrogens is 351 g/mol. The number of hydrazine groups is 1. The number of anilines is 4. The lowest BCUT2D eigenvalue weighted by molar-refractivity contribution is -0.114. The summed E-state index contributed by atoms with van der Waals surface area (Å²) >= 11 is 0. The Balaban J connectivity index is 2.09. The third kappa shape index (κ3) is 5.62. The number of phosphoric acid groups is 1. The van der Waals surface area contributed by atoms with Gasteiger partial charge in [0, 0.05) is 0 Å². The molecule has 0 spiro atoms. The van der Waals surface area contributed by atoms with Crippen LogP contribution in [0, 0.1) is 0 Å². The molecule has 0 unspecified atom stereocenters. The molecule has 0 radical (unpaired) electrons. The summed E-state index contributed by atoms with van der Waals surface area (Å²) in [5.41, 5.74) is 17.1. The number of aromatic nitrogens is 1. The minimum absolute atomic E-state index is 0.0540. The van der Waals surface area contributed by atoms with Crippen molar-refractivity contribution in [2.45, 2.75) is 0 Å².